The van der Waals surface area contributed by atoms with Gasteiger partial charge in [-0.2, -0.15) is 0 Å². The molecule has 26 heavy (non-hydrogen) atoms. The quantitative estimate of drug-likeness (QED) is 0.676. The number of nitrogens with zero attached hydrogens (tertiary/aromatic N) is 1. The van der Waals surface area contributed by atoms with Gasteiger partial charge in [0, 0.05) is 17.6 Å². The second kappa shape index (κ2) is 8.01. The van der Waals surface area contributed by atoms with Gasteiger partial charge in [0.15, 0.2) is 5.13 Å². The fourth-order valence-electron chi connectivity index (χ4n) is 2.39. The van der Waals surface area contributed by atoms with Crippen LogP contribution in [0.3, 0.4) is 0 Å². The van der Waals surface area contributed by atoms with Crippen LogP contribution in [-0.4, -0.2) is 18.0 Å². The number of benzene rings is 2. The van der Waals surface area contributed by atoms with Crippen LogP contribution in [0.4, 0.5) is 10.8 Å². The monoisotopic (exact) mass is 367 g/mol. The number of amides is 1. The van der Waals surface area contributed by atoms with E-state index in [0.29, 0.717) is 17.4 Å². The number of methoxy groups -OCH3 is 1. The largest absolute Gasteiger partial charge is 0.497 e. The molecule has 0 atom stereocenters. The number of nitrogens with one attached hydrogen (secondary N) is 2. The van der Waals surface area contributed by atoms with Crippen molar-refractivity contribution in [2.45, 2.75) is 20.4 Å². The number of carbonyl (C=O) groups is 1. The van der Waals surface area contributed by atoms with Gasteiger partial charge >= 0.3 is 0 Å². The lowest BCUT2D eigenvalue weighted by Gasteiger charge is -2.06. The molecule has 5 nitrogen and oxygen atoms in total. The standard InChI is InChI=1S/C20H21N3O2S/c1-13-4-7-16(10-14(13)2)22-20-23-18(12-26-20)19(24)21-11-15-5-8-17(25-3)9-6-15/h4-10,12H,11H2,1-3H3,(H,21,24)(H,22,23). The number of hydrogen-bond donors (Lipinski definition) is 2. The summed E-state index contributed by atoms with van der Waals surface area (Å²) >= 11 is 1.41. The van der Waals surface area contributed by atoms with E-state index in [0.717, 1.165) is 17.0 Å². The topological polar surface area (TPSA) is 63.2 Å². The van der Waals surface area contributed by atoms with Crippen LogP contribution in [0.5, 0.6) is 5.75 Å². The summed E-state index contributed by atoms with van der Waals surface area (Å²) < 4.78 is 5.13. The molecule has 134 valence electrons. The van der Waals surface area contributed by atoms with Crippen LogP contribution in [0.2, 0.25) is 0 Å². The Kier molecular flexibility index (Phi) is 5.53. The first-order chi connectivity index (χ1) is 12.5. The zero-order chi connectivity index (χ0) is 18.5. The van der Waals surface area contributed by atoms with Crippen molar-refractivity contribution < 1.29 is 9.53 Å². The smallest absolute Gasteiger partial charge is 0.271 e. The molecule has 0 radical (unpaired) electrons. The van der Waals surface area contributed by atoms with E-state index in [2.05, 4.69) is 41.6 Å². The van der Waals surface area contributed by atoms with Crippen molar-refractivity contribution in [2.24, 2.45) is 0 Å². The van der Waals surface area contributed by atoms with Gasteiger partial charge < -0.3 is 15.4 Å². The van der Waals surface area contributed by atoms with Crippen LogP contribution in [0.25, 0.3) is 0 Å². The minimum Gasteiger partial charge on any atom is -0.497 e. The lowest BCUT2D eigenvalue weighted by molar-refractivity contribution is 0.0946. The van der Waals surface area contributed by atoms with Crippen molar-refractivity contribution in [1.29, 1.82) is 0 Å². The number of aryl methyl sites for hydroxylation is 2. The number of carbonyl (C=O) groups excluding carboxylic acids is 1. The van der Waals surface area contributed by atoms with E-state index in [4.69, 9.17) is 4.74 Å². The Hall–Kier alpha value is -2.86. The molecule has 6 heteroatoms. The van der Waals surface area contributed by atoms with Gasteiger partial charge in [0.2, 0.25) is 0 Å². The molecule has 0 bridgehead atoms. The third-order valence-corrected chi connectivity index (χ3v) is 4.86. The summed E-state index contributed by atoms with van der Waals surface area (Å²) in [5, 5.41) is 8.58. The molecule has 0 saturated heterocycles. The van der Waals surface area contributed by atoms with Crippen LogP contribution in [0.1, 0.15) is 27.2 Å². The molecule has 1 amide bonds. The third-order valence-electron chi connectivity index (χ3n) is 4.11. The highest BCUT2D eigenvalue weighted by Crippen LogP contribution is 2.22. The highest BCUT2D eigenvalue weighted by Gasteiger charge is 2.11. The maximum Gasteiger partial charge on any atom is 0.271 e. The van der Waals surface area contributed by atoms with E-state index in [-0.39, 0.29) is 5.91 Å². The Morgan fingerprint density at radius 1 is 1.12 bits per heavy atom. The predicted octanol–water partition coefficient (Wildman–Crippen LogP) is 4.44. The molecule has 2 aromatic carbocycles. The summed E-state index contributed by atoms with van der Waals surface area (Å²) in [5.74, 6) is 0.604. The summed E-state index contributed by atoms with van der Waals surface area (Å²) in [6.45, 7) is 4.59. The minimum absolute atomic E-state index is 0.190. The average molecular weight is 367 g/mol. The van der Waals surface area contributed by atoms with Crippen molar-refractivity contribution in [3.05, 3.63) is 70.2 Å². The van der Waals surface area contributed by atoms with Gasteiger partial charge in [0.05, 0.1) is 7.11 Å². The van der Waals surface area contributed by atoms with Gasteiger partial charge in [-0.3, -0.25) is 4.79 Å². The lowest BCUT2D eigenvalue weighted by Crippen LogP contribution is -2.23. The van der Waals surface area contributed by atoms with Crippen molar-refractivity contribution in [3.8, 4) is 5.75 Å². The molecule has 0 spiro atoms. The Morgan fingerprint density at radius 3 is 2.58 bits per heavy atom. The molecule has 0 unspecified atom stereocenters. The molecular weight excluding hydrogens is 346 g/mol. The predicted molar refractivity (Wildman–Crippen MR) is 105 cm³/mol. The van der Waals surface area contributed by atoms with Gasteiger partial charge in [-0.05, 0) is 54.8 Å². The Bertz CT molecular complexity index is 904. The second-order valence-electron chi connectivity index (χ2n) is 5.99. The minimum atomic E-state index is -0.190. The van der Waals surface area contributed by atoms with Crippen LogP contribution in [0.15, 0.2) is 47.8 Å². The van der Waals surface area contributed by atoms with Gasteiger partial charge in [0.1, 0.15) is 11.4 Å². The van der Waals surface area contributed by atoms with E-state index >= 15 is 0 Å². The second-order valence-corrected chi connectivity index (χ2v) is 6.85. The van der Waals surface area contributed by atoms with Crippen LogP contribution < -0.4 is 15.4 Å². The van der Waals surface area contributed by atoms with Gasteiger partial charge in [-0.1, -0.05) is 18.2 Å². The molecule has 0 saturated carbocycles. The molecule has 1 aromatic heterocycles. The number of thiazole rings is 1. The number of ether oxygens (including phenoxy) is 1. The Balaban J connectivity index is 1.59. The zero-order valence-electron chi connectivity index (χ0n) is 15.0. The lowest BCUT2D eigenvalue weighted by atomic mass is 10.1. The summed E-state index contributed by atoms with van der Waals surface area (Å²) in [5.41, 5.74) is 4.84. The molecule has 1 heterocycles. The van der Waals surface area contributed by atoms with Crippen molar-refractivity contribution in [2.75, 3.05) is 12.4 Å². The summed E-state index contributed by atoms with van der Waals surface area (Å²) in [6, 6.07) is 13.7. The summed E-state index contributed by atoms with van der Waals surface area (Å²) in [7, 11) is 1.63. The highest BCUT2D eigenvalue weighted by molar-refractivity contribution is 7.14. The molecular formula is C20H21N3O2S. The number of rotatable bonds is 6. The first kappa shape index (κ1) is 17.9. The van der Waals surface area contributed by atoms with Crippen LogP contribution in [-0.2, 0) is 6.54 Å². The van der Waals surface area contributed by atoms with E-state index in [1.807, 2.05) is 30.3 Å². The van der Waals surface area contributed by atoms with Gasteiger partial charge in [0.25, 0.3) is 5.91 Å². The maximum atomic E-state index is 12.3. The Labute approximate surface area is 157 Å². The Morgan fingerprint density at radius 2 is 1.88 bits per heavy atom. The number of aromatic nitrogens is 1. The fraction of sp³-hybridized carbons (Fsp3) is 0.200. The molecule has 0 aliphatic rings. The number of anilines is 2. The summed E-state index contributed by atoms with van der Waals surface area (Å²) in [4.78, 5) is 16.7. The fourth-order valence-corrected chi connectivity index (χ4v) is 3.11. The van der Waals surface area contributed by atoms with Crippen molar-refractivity contribution >= 4 is 28.1 Å². The third kappa shape index (κ3) is 4.40. The van der Waals surface area contributed by atoms with E-state index in [1.165, 1.54) is 22.5 Å². The molecule has 2 N–H and O–H groups in total. The SMILES string of the molecule is COc1ccc(CNC(=O)c2csc(Nc3ccc(C)c(C)c3)n2)cc1. The van der Waals surface area contributed by atoms with E-state index < -0.39 is 0 Å². The normalized spacial score (nSPS) is 10.4. The first-order valence-corrected chi connectivity index (χ1v) is 9.14. The zero-order valence-corrected chi connectivity index (χ0v) is 15.8. The molecule has 3 rings (SSSR count). The van der Waals surface area contributed by atoms with Gasteiger partial charge in [-0.25, -0.2) is 4.98 Å². The molecule has 0 aliphatic heterocycles. The van der Waals surface area contributed by atoms with Crippen LogP contribution >= 0.6 is 11.3 Å². The summed E-state index contributed by atoms with van der Waals surface area (Å²) in [6.07, 6.45) is 0. The maximum absolute atomic E-state index is 12.3. The van der Waals surface area contributed by atoms with Crippen LogP contribution in [0, 0.1) is 13.8 Å². The number of hydrogen-bond acceptors (Lipinski definition) is 5. The van der Waals surface area contributed by atoms with E-state index in [9.17, 15) is 4.79 Å². The molecule has 0 aliphatic carbocycles. The molecule has 0 fully saturated rings. The highest BCUT2D eigenvalue weighted by atomic mass is 32.1. The van der Waals surface area contributed by atoms with Gasteiger partial charge in [-0.15, -0.1) is 11.3 Å². The van der Waals surface area contributed by atoms with Crippen molar-refractivity contribution in [3.63, 3.8) is 0 Å². The average Bonchev–Trinajstić information content (AvgIpc) is 3.12. The molecule has 3 aromatic rings. The van der Waals surface area contributed by atoms with E-state index in [1.54, 1.807) is 12.5 Å². The van der Waals surface area contributed by atoms with Crippen molar-refractivity contribution in [1.82, 2.24) is 10.3 Å². The first-order valence-electron chi connectivity index (χ1n) is 8.26.